The van der Waals surface area contributed by atoms with Gasteiger partial charge in [0.1, 0.15) is 0 Å². The zero-order chi connectivity index (χ0) is 16.7. The molecule has 1 aliphatic heterocycles. The molecule has 8 heteroatoms. The molecular formula is C15H20ClN3O3S. The van der Waals surface area contributed by atoms with Crippen molar-refractivity contribution in [1.82, 2.24) is 9.21 Å². The lowest BCUT2D eigenvalue weighted by atomic mass is 10.4. The van der Waals surface area contributed by atoms with Crippen molar-refractivity contribution in [3.05, 3.63) is 29.3 Å². The van der Waals surface area contributed by atoms with Gasteiger partial charge in [0.25, 0.3) is 0 Å². The molecule has 0 N–H and O–H groups in total. The van der Waals surface area contributed by atoms with Crippen LogP contribution in [0.4, 0.5) is 0 Å². The standard InChI is InChI=1S/C15H20ClN3O3S/c16-14-3-1-4-15(13-14)23(20,21)19(6-2-5-17)8-7-18-9-11-22-12-10-18/h1,3-4,13H,2,6-12H2. The fourth-order valence-electron chi connectivity index (χ4n) is 2.38. The highest BCUT2D eigenvalue weighted by Gasteiger charge is 2.25. The van der Waals surface area contributed by atoms with Crippen LogP contribution in [0.25, 0.3) is 0 Å². The number of hydrogen-bond donors (Lipinski definition) is 0. The van der Waals surface area contributed by atoms with Gasteiger partial charge in [-0.1, -0.05) is 17.7 Å². The summed E-state index contributed by atoms with van der Waals surface area (Å²) in [5.41, 5.74) is 0. The number of sulfonamides is 1. The average Bonchev–Trinajstić information content (AvgIpc) is 2.55. The minimum atomic E-state index is -3.66. The molecule has 1 aromatic carbocycles. The van der Waals surface area contributed by atoms with Crippen LogP contribution in [0.15, 0.2) is 29.2 Å². The number of nitriles is 1. The van der Waals surface area contributed by atoms with Crippen molar-refractivity contribution in [2.45, 2.75) is 11.3 Å². The molecule has 0 atom stereocenters. The molecule has 0 aliphatic carbocycles. The number of nitrogens with zero attached hydrogens (tertiary/aromatic N) is 3. The Bertz CT molecular complexity index is 654. The van der Waals surface area contributed by atoms with Gasteiger partial charge in [0, 0.05) is 44.2 Å². The quantitative estimate of drug-likeness (QED) is 0.740. The molecule has 2 rings (SSSR count). The van der Waals surface area contributed by atoms with E-state index < -0.39 is 10.0 Å². The van der Waals surface area contributed by atoms with Crippen molar-refractivity contribution < 1.29 is 13.2 Å². The van der Waals surface area contributed by atoms with E-state index in [-0.39, 0.29) is 17.9 Å². The predicted molar refractivity (Wildman–Crippen MR) is 87.7 cm³/mol. The molecule has 0 spiro atoms. The first-order chi connectivity index (χ1) is 11.0. The Morgan fingerprint density at radius 3 is 2.70 bits per heavy atom. The molecule has 6 nitrogen and oxygen atoms in total. The summed E-state index contributed by atoms with van der Waals surface area (Å²) in [6.45, 7) is 4.06. The molecule has 23 heavy (non-hydrogen) atoms. The second-order valence-electron chi connectivity index (χ2n) is 5.22. The van der Waals surface area contributed by atoms with Crippen LogP contribution in [0, 0.1) is 11.3 Å². The van der Waals surface area contributed by atoms with Crippen LogP contribution in [0.5, 0.6) is 0 Å². The predicted octanol–water partition coefficient (Wildman–Crippen LogP) is 1.58. The maximum Gasteiger partial charge on any atom is 0.243 e. The molecule has 0 unspecified atom stereocenters. The number of hydrogen-bond acceptors (Lipinski definition) is 5. The van der Waals surface area contributed by atoms with E-state index in [4.69, 9.17) is 21.6 Å². The Balaban J connectivity index is 2.11. The molecule has 0 bridgehead atoms. The molecule has 0 radical (unpaired) electrons. The van der Waals surface area contributed by atoms with Gasteiger partial charge in [-0.05, 0) is 18.2 Å². The number of morpholine rings is 1. The fraction of sp³-hybridized carbons (Fsp3) is 0.533. The van der Waals surface area contributed by atoms with E-state index in [1.165, 1.54) is 16.4 Å². The largest absolute Gasteiger partial charge is 0.379 e. The Hall–Kier alpha value is -1.17. The lowest BCUT2D eigenvalue weighted by Gasteiger charge is -2.29. The third kappa shape index (κ3) is 5.16. The van der Waals surface area contributed by atoms with Crippen LogP contribution in [-0.4, -0.2) is 63.6 Å². The summed E-state index contributed by atoms with van der Waals surface area (Å²) < 4.78 is 32.2. The van der Waals surface area contributed by atoms with Crippen LogP contribution in [-0.2, 0) is 14.8 Å². The lowest BCUT2D eigenvalue weighted by molar-refractivity contribution is 0.0363. The molecule has 1 fully saturated rings. The van der Waals surface area contributed by atoms with Gasteiger partial charge in [-0.25, -0.2) is 8.42 Å². The third-order valence-corrected chi connectivity index (χ3v) is 5.81. The van der Waals surface area contributed by atoms with E-state index in [1.54, 1.807) is 12.1 Å². The van der Waals surface area contributed by atoms with Crippen molar-refractivity contribution in [2.75, 3.05) is 45.9 Å². The van der Waals surface area contributed by atoms with Crippen LogP contribution in [0.2, 0.25) is 5.02 Å². The molecule has 1 saturated heterocycles. The summed E-state index contributed by atoms with van der Waals surface area (Å²) in [5, 5.41) is 9.17. The van der Waals surface area contributed by atoms with Crippen molar-refractivity contribution in [3.8, 4) is 6.07 Å². The molecule has 1 heterocycles. The molecule has 1 aliphatic rings. The summed E-state index contributed by atoms with van der Waals surface area (Å²) in [5.74, 6) is 0. The first-order valence-corrected chi connectivity index (χ1v) is 9.28. The highest BCUT2D eigenvalue weighted by atomic mass is 35.5. The molecule has 0 saturated carbocycles. The van der Waals surface area contributed by atoms with Crippen molar-refractivity contribution in [3.63, 3.8) is 0 Å². The van der Waals surface area contributed by atoms with Crippen LogP contribution >= 0.6 is 11.6 Å². The van der Waals surface area contributed by atoms with E-state index in [2.05, 4.69) is 4.90 Å². The van der Waals surface area contributed by atoms with Gasteiger partial charge in [-0.2, -0.15) is 9.57 Å². The molecular weight excluding hydrogens is 338 g/mol. The molecule has 0 amide bonds. The number of ether oxygens (including phenoxy) is 1. The summed E-state index contributed by atoms with van der Waals surface area (Å²) in [7, 11) is -3.66. The zero-order valence-electron chi connectivity index (χ0n) is 12.8. The maximum atomic E-state index is 12.8. The van der Waals surface area contributed by atoms with E-state index in [0.717, 1.165) is 13.1 Å². The molecule has 126 valence electrons. The van der Waals surface area contributed by atoms with Crippen LogP contribution < -0.4 is 0 Å². The number of halogens is 1. The minimum Gasteiger partial charge on any atom is -0.379 e. The molecule has 1 aromatic rings. The fourth-order valence-corrected chi connectivity index (χ4v) is 4.11. The Labute approximate surface area is 142 Å². The zero-order valence-corrected chi connectivity index (χ0v) is 14.4. The van der Waals surface area contributed by atoms with Crippen molar-refractivity contribution >= 4 is 21.6 Å². The summed E-state index contributed by atoms with van der Waals surface area (Å²) >= 11 is 5.90. The minimum absolute atomic E-state index is 0.156. The Morgan fingerprint density at radius 1 is 1.30 bits per heavy atom. The lowest BCUT2D eigenvalue weighted by Crippen LogP contribution is -2.43. The number of benzene rings is 1. The second-order valence-corrected chi connectivity index (χ2v) is 7.60. The normalized spacial score (nSPS) is 16.4. The van der Waals surface area contributed by atoms with Gasteiger partial charge in [-0.3, -0.25) is 4.90 Å². The number of rotatable bonds is 7. The van der Waals surface area contributed by atoms with Crippen LogP contribution in [0.3, 0.4) is 0 Å². The van der Waals surface area contributed by atoms with Gasteiger partial charge in [-0.15, -0.1) is 0 Å². The van der Waals surface area contributed by atoms with Gasteiger partial charge in [0.15, 0.2) is 0 Å². The topological polar surface area (TPSA) is 73.6 Å². The van der Waals surface area contributed by atoms with E-state index in [9.17, 15) is 8.42 Å². The Kier molecular flexibility index (Phi) is 6.81. The smallest absolute Gasteiger partial charge is 0.243 e. The van der Waals surface area contributed by atoms with E-state index in [0.29, 0.717) is 31.3 Å². The molecule has 0 aromatic heterocycles. The van der Waals surface area contributed by atoms with Gasteiger partial charge < -0.3 is 4.74 Å². The van der Waals surface area contributed by atoms with E-state index in [1.807, 2.05) is 6.07 Å². The third-order valence-electron chi connectivity index (χ3n) is 3.68. The highest BCUT2D eigenvalue weighted by Crippen LogP contribution is 2.20. The second kappa shape index (κ2) is 8.62. The Morgan fingerprint density at radius 2 is 2.04 bits per heavy atom. The summed E-state index contributed by atoms with van der Waals surface area (Å²) in [6.07, 6.45) is 0.156. The highest BCUT2D eigenvalue weighted by molar-refractivity contribution is 7.89. The summed E-state index contributed by atoms with van der Waals surface area (Å²) in [6, 6.07) is 8.21. The van der Waals surface area contributed by atoms with Crippen LogP contribution in [0.1, 0.15) is 6.42 Å². The maximum absolute atomic E-state index is 12.8. The van der Waals surface area contributed by atoms with Crippen molar-refractivity contribution in [1.29, 1.82) is 5.26 Å². The first-order valence-electron chi connectivity index (χ1n) is 7.47. The van der Waals surface area contributed by atoms with E-state index >= 15 is 0 Å². The average molecular weight is 358 g/mol. The summed E-state index contributed by atoms with van der Waals surface area (Å²) in [4.78, 5) is 2.32. The van der Waals surface area contributed by atoms with Gasteiger partial charge >= 0.3 is 0 Å². The first kappa shape index (κ1) is 18.2. The monoisotopic (exact) mass is 357 g/mol. The van der Waals surface area contributed by atoms with Gasteiger partial charge in [0.2, 0.25) is 10.0 Å². The SMILES string of the molecule is N#CCCN(CCN1CCOCC1)S(=O)(=O)c1cccc(Cl)c1. The van der Waals surface area contributed by atoms with Crippen molar-refractivity contribution in [2.24, 2.45) is 0 Å². The van der Waals surface area contributed by atoms with Gasteiger partial charge in [0.05, 0.1) is 24.2 Å².